The quantitative estimate of drug-likeness (QED) is 0.304. The highest BCUT2D eigenvalue weighted by Crippen LogP contribution is 2.30. The molecule has 0 atom stereocenters. The Bertz CT molecular complexity index is 1240. The van der Waals surface area contributed by atoms with Crippen molar-refractivity contribution in [2.75, 3.05) is 7.11 Å². The van der Waals surface area contributed by atoms with Gasteiger partial charge in [-0.2, -0.15) is 0 Å². The van der Waals surface area contributed by atoms with E-state index in [9.17, 15) is 9.59 Å². The van der Waals surface area contributed by atoms with Crippen LogP contribution in [0.25, 0.3) is 6.08 Å². The summed E-state index contributed by atoms with van der Waals surface area (Å²) in [6.45, 7) is 1.97. The molecule has 0 N–H and O–H groups in total. The van der Waals surface area contributed by atoms with Gasteiger partial charge in [0.25, 0.3) is 0 Å². The standard InChI is InChI=1S/C25H18ClNO5/c1-15-3-6-17(7-4-15)23-27-20(25(29)32-23)13-16-5-12-21(22(14-16)30-2)31-24(28)18-8-10-19(26)11-9-18/h3-14H,1-2H3/b20-13-. The van der Waals surface area contributed by atoms with Crippen LogP contribution in [0.15, 0.2) is 77.4 Å². The average molecular weight is 448 g/mol. The van der Waals surface area contributed by atoms with E-state index in [2.05, 4.69) is 4.99 Å². The molecule has 0 radical (unpaired) electrons. The van der Waals surface area contributed by atoms with Crippen molar-refractivity contribution in [1.82, 2.24) is 0 Å². The molecule has 0 unspecified atom stereocenters. The summed E-state index contributed by atoms with van der Waals surface area (Å²) in [7, 11) is 1.46. The van der Waals surface area contributed by atoms with Crippen molar-refractivity contribution in [3.05, 3.63) is 99.7 Å². The number of aryl methyl sites for hydroxylation is 1. The Morgan fingerprint density at radius 2 is 1.72 bits per heavy atom. The normalized spacial score (nSPS) is 14.2. The first-order valence-corrected chi connectivity index (χ1v) is 10.1. The molecule has 3 aromatic carbocycles. The monoisotopic (exact) mass is 447 g/mol. The van der Waals surface area contributed by atoms with E-state index in [1.165, 1.54) is 7.11 Å². The van der Waals surface area contributed by atoms with Gasteiger partial charge in [0, 0.05) is 10.6 Å². The number of esters is 2. The summed E-state index contributed by atoms with van der Waals surface area (Å²) in [5.41, 5.74) is 2.96. The van der Waals surface area contributed by atoms with Gasteiger partial charge >= 0.3 is 11.9 Å². The zero-order valence-electron chi connectivity index (χ0n) is 17.3. The predicted molar refractivity (Wildman–Crippen MR) is 121 cm³/mol. The molecule has 0 aliphatic carbocycles. The Morgan fingerprint density at radius 3 is 2.41 bits per heavy atom. The molecule has 3 aromatic rings. The Morgan fingerprint density at radius 1 is 1.00 bits per heavy atom. The molecule has 7 heteroatoms. The summed E-state index contributed by atoms with van der Waals surface area (Å²) >= 11 is 5.85. The van der Waals surface area contributed by atoms with Gasteiger partial charge in [-0.15, -0.1) is 0 Å². The summed E-state index contributed by atoms with van der Waals surface area (Å²) in [6, 6.07) is 18.8. The maximum atomic E-state index is 12.4. The van der Waals surface area contributed by atoms with Crippen LogP contribution >= 0.6 is 11.6 Å². The highest BCUT2D eigenvalue weighted by molar-refractivity contribution is 6.30. The first kappa shape index (κ1) is 21.3. The lowest BCUT2D eigenvalue weighted by molar-refractivity contribution is -0.129. The summed E-state index contributed by atoms with van der Waals surface area (Å²) in [4.78, 5) is 28.9. The Kier molecular flexibility index (Phi) is 6.05. The van der Waals surface area contributed by atoms with E-state index in [0.717, 1.165) is 11.1 Å². The maximum absolute atomic E-state index is 12.4. The second kappa shape index (κ2) is 9.08. The molecular weight excluding hydrogens is 430 g/mol. The molecular formula is C25H18ClNO5. The number of carbonyl (C=O) groups excluding carboxylic acids is 2. The third-order valence-corrected chi connectivity index (χ3v) is 4.94. The van der Waals surface area contributed by atoms with Crippen LogP contribution in [0.4, 0.5) is 0 Å². The molecule has 0 saturated carbocycles. The zero-order chi connectivity index (χ0) is 22.7. The number of cyclic esters (lactones) is 1. The Balaban J connectivity index is 1.56. The largest absolute Gasteiger partial charge is 0.493 e. The van der Waals surface area contributed by atoms with Gasteiger partial charge in [-0.25, -0.2) is 14.6 Å². The topological polar surface area (TPSA) is 74.2 Å². The number of hydrogen-bond donors (Lipinski definition) is 0. The molecule has 4 rings (SSSR count). The van der Waals surface area contributed by atoms with Crippen LogP contribution in [0, 0.1) is 6.92 Å². The minimum absolute atomic E-state index is 0.161. The minimum Gasteiger partial charge on any atom is -0.493 e. The molecule has 1 aliphatic heterocycles. The number of benzene rings is 3. The molecule has 0 aromatic heterocycles. The molecule has 0 fully saturated rings. The van der Waals surface area contributed by atoms with Crippen molar-refractivity contribution in [3.8, 4) is 11.5 Å². The highest BCUT2D eigenvalue weighted by Gasteiger charge is 2.24. The van der Waals surface area contributed by atoms with E-state index < -0.39 is 11.9 Å². The number of nitrogens with zero attached hydrogens (tertiary/aromatic N) is 1. The van der Waals surface area contributed by atoms with Crippen LogP contribution in [-0.4, -0.2) is 24.9 Å². The Labute approximate surface area is 189 Å². The van der Waals surface area contributed by atoms with E-state index in [1.54, 1.807) is 48.5 Å². The van der Waals surface area contributed by atoms with Crippen molar-refractivity contribution in [1.29, 1.82) is 0 Å². The number of ether oxygens (including phenoxy) is 3. The van der Waals surface area contributed by atoms with Gasteiger partial charge in [0.2, 0.25) is 5.90 Å². The lowest BCUT2D eigenvalue weighted by Gasteiger charge is -2.10. The van der Waals surface area contributed by atoms with Crippen molar-refractivity contribution in [3.63, 3.8) is 0 Å². The van der Waals surface area contributed by atoms with Gasteiger partial charge in [0.15, 0.2) is 17.2 Å². The number of hydrogen-bond acceptors (Lipinski definition) is 6. The Hall–Kier alpha value is -3.90. The third kappa shape index (κ3) is 4.71. The molecule has 6 nitrogen and oxygen atoms in total. The number of rotatable bonds is 5. The van der Waals surface area contributed by atoms with Gasteiger partial charge in [0.1, 0.15) is 0 Å². The van der Waals surface area contributed by atoms with E-state index in [1.807, 2.05) is 31.2 Å². The first-order valence-electron chi connectivity index (χ1n) is 9.68. The van der Waals surface area contributed by atoms with Crippen molar-refractivity contribution >= 4 is 35.5 Å². The second-order valence-electron chi connectivity index (χ2n) is 7.01. The lowest BCUT2D eigenvalue weighted by atomic mass is 10.1. The summed E-state index contributed by atoms with van der Waals surface area (Å²) in [5.74, 6) is -0.263. The van der Waals surface area contributed by atoms with E-state index >= 15 is 0 Å². The number of methoxy groups -OCH3 is 1. The second-order valence-corrected chi connectivity index (χ2v) is 7.45. The van der Waals surface area contributed by atoms with Crippen LogP contribution in [0.3, 0.4) is 0 Å². The van der Waals surface area contributed by atoms with Crippen LogP contribution in [0.5, 0.6) is 11.5 Å². The zero-order valence-corrected chi connectivity index (χ0v) is 18.1. The van der Waals surface area contributed by atoms with Crippen LogP contribution in [0.2, 0.25) is 5.02 Å². The van der Waals surface area contributed by atoms with Crippen molar-refractivity contribution in [2.24, 2.45) is 4.99 Å². The molecule has 0 bridgehead atoms. The number of carbonyl (C=O) groups is 2. The molecule has 32 heavy (non-hydrogen) atoms. The fraction of sp³-hybridized carbons (Fsp3) is 0.0800. The van der Waals surface area contributed by atoms with Crippen molar-refractivity contribution < 1.29 is 23.8 Å². The van der Waals surface area contributed by atoms with Gasteiger partial charge in [-0.1, -0.05) is 35.4 Å². The van der Waals surface area contributed by atoms with E-state index in [0.29, 0.717) is 21.9 Å². The summed E-state index contributed by atoms with van der Waals surface area (Å²) in [6.07, 6.45) is 1.58. The molecule has 1 aliphatic rings. The van der Waals surface area contributed by atoms with Crippen LogP contribution < -0.4 is 9.47 Å². The van der Waals surface area contributed by atoms with E-state index in [-0.39, 0.29) is 17.3 Å². The fourth-order valence-electron chi connectivity index (χ4n) is 2.99. The summed E-state index contributed by atoms with van der Waals surface area (Å²) < 4.78 is 16.1. The van der Waals surface area contributed by atoms with E-state index in [4.69, 9.17) is 25.8 Å². The van der Waals surface area contributed by atoms with Gasteiger partial charge in [0.05, 0.1) is 12.7 Å². The van der Waals surface area contributed by atoms with Crippen molar-refractivity contribution in [2.45, 2.75) is 6.92 Å². The SMILES string of the molecule is COc1cc(/C=C2\N=C(c3ccc(C)cc3)OC2=O)ccc1OC(=O)c1ccc(Cl)cc1. The first-order chi connectivity index (χ1) is 15.4. The van der Waals surface area contributed by atoms with Gasteiger partial charge in [-0.3, -0.25) is 0 Å². The molecule has 1 heterocycles. The lowest BCUT2D eigenvalue weighted by Crippen LogP contribution is -2.09. The van der Waals surface area contributed by atoms with Crippen LogP contribution in [-0.2, 0) is 9.53 Å². The molecule has 160 valence electrons. The highest BCUT2D eigenvalue weighted by atomic mass is 35.5. The fourth-order valence-corrected chi connectivity index (χ4v) is 3.12. The molecule has 0 spiro atoms. The van der Waals surface area contributed by atoms with Crippen LogP contribution in [0.1, 0.15) is 27.0 Å². The number of aliphatic imine (C=N–C) groups is 1. The number of halogens is 1. The van der Waals surface area contributed by atoms with Gasteiger partial charge in [-0.05, 0) is 67.1 Å². The minimum atomic E-state index is -0.544. The average Bonchev–Trinajstić information content (AvgIpc) is 3.15. The maximum Gasteiger partial charge on any atom is 0.363 e. The third-order valence-electron chi connectivity index (χ3n) is 4.69. The smallest absolute Gasteiger partial charge is 0.363 e. The predicted octanol–water partition coefficient (Wildman–Crippen LogP) is 5.22. The molecule has 0 amide bonds. The van der Waals surface area contributed by atoms with Gasteiger partial charge < -0.3 is 14.2 Å². The summed E-state index contributed by atoms with van der Waals surface area (Å²) in [5, 5.41) is 0.523. The molecule has 0 saturated heterocycles.